The Bertz CT molecular complexity index is 933. The molecule has 0 aromatic heterocycles. The van der Waals surface area contributed by atoms with E-state index in [1.807, 2.05) is 13.8 Å². The van der Waals surface area contributed by atoms with Crippen molar-refractivity contribution in [3.63, 3.8) is 0 Å². The maximum Gasteiger partial charge on any atom is 0.251 e. The van der Waals surface area contributed by atoms with Crippen LogP contribution in [0.25, 0.3) is 0 Å². The number of carbonyl (C=O) groups is 2. The van der Waals surface area contributed by atoms with Gasteiger partial charge in [-0.2, -0.15) is 0 Å². The molecule has 2 aromatic rings. The fourth-order valence-electron chi connectivity index (χ4n) is 3.71. The first-order valence-electron chi connectivity index (χ1n) is 10.3. The van der Waals surface area contributed by atoms with E-state index in [0.717, 1.165) is 25.7 Å². The van der Waals surface area contributed by atoms with E-state index >= 15 is 0 Å². The molecule has 7 nitrogen and oxygen atoms in total. The highest BCUT2D eigenvalue weighted by Gasteiger charge is 2.44. The Hall–Kier alpha value is -3.22. The van der Waals surface area contributed by atoms with E-state index in [0.29, 0.717) is 28.5 Å². The number of nitrogens with one attached hydrogen (secondary N) is 2. The Morgan fingerprint density at radius 1 is 1.03 bits per heavy atom. The molecular formula is C23H26N2O5. The van der Waals surface area contributed by atoms with Gasteiger partial charge in [-0.05, 0) is 63.1 Å². The zero-order chi connectivity index (χ0) is 21.1. The number of rotatable bonds is 6. The van der Waals surface area contributed by atoms with Crippen molar-refractivity contribution in [1.29, 1.82) is 0 Å². The summed E-state index contributed by atoms with van der Waals surface area (Å²) >= 11 is 0. The zero-order valence-electron chi connectivity index (χ0n) is 17.2. The minimum absolute atomic E-state index is 0.0632. The van der Waals surface area contributed by atoms with E-state index in [2.05, 4.69) is 10.6 Å². The van der Waals surface area contributed by atoms with Gasteiger partial charge in [0.25, 0.3) is 11.7 Å². The molecule has 1 aliphatic heterocycles. The van der Waals surface area contributed by atoms with Crippen molar-refractivity contribution in [3.8, 4) is 17.2 Å². The van der Waals surface area contributed by atoms with Crippen LogP contribution in [0, 0.1) is 0 Å². The highest BCUT2D eigenvalue weighted by atomic mass is 16.7. The van der Waals surface area contributed by atoms with Gasteiger partial charge in [0, 0.05) is 30.2 Å². The number of ether oxygens (including phenoxy) is 3. The summed E-state index contributed by atoms with van der Waals surface area (Å²) in [6, 6.07) is 12.1. The summed E-state index contributed by atoms with van der Waals surface area (Å²) < 4.78 is 17.5. The number of benzene rings is 2. The standard InChI is InChI=1S/C23H26N2O5/c1-15(2)28-18-8-5-16(6-9-18)22(27)24-14-21(26)25-17-7-10-19-20(13-17)30-23(29-19)11-3-4-12-23/h5-10,13,15H,3-4,11-12,14H2,1-2H3,(H,24,27)(H,25,26). The second kappa shape index (κ2) is 8.26. The number of carbonyl (C=O) groups excluding carboxylic acids is 2. The number of fused-ring (bicyclic) bond motifs is 1. The number of hydrogen-bond donors (Lipinski definition) is 2. The van der Waals surface area contributed by atoms with Crippen LogP contribution in [0.4, 0.5) is 5.69 Å². The molecule has 158 valence electrons. The Morgan fingerprint density at radius 3 is 2.43 bits per heavy atom. The SMILES string of the molecule is CC(C)Oc1ccc(C(=O)NCC(=O)Nc2ccc3c(c2)OC2(CCCC2)O3)cc1. The van der Waals surface area contributed by atoms with E-state index in [1.54, 1.807) is 42.5 Å². The lowest BCUT2D eigenvalue weighted by atomic mass is 10.2. The highest BCUT2D eigenvalue weighted by Crippen LogP contribution is 2.47. The largest absolute Gasteiger partial charge is 0.491 e. The fourth-order valence-corrected chi connectivity index (χ4v) is 3.71. The third kappa shape index (κ3) is 4.50. The molecule has 7 heteroatoms. The molecule has 0 saturated heterocycles. The number of anilines is 1. The molecule has 0 bridgehead atoms. The Morgan fingerprint density at radius 2 is 1.73 bits per heavy atom. The predicted molar refractivity (Wildman–Crippen MR) is 112 cm³/mol. The van der Waals surface area contributed by atoms with E-state index in [1.165, 1.54) is 0 Å². The minimum Gasteiger partial charge on any atom is -0.491 e. The van der Waals surface area contributed by atoms with Crippen LogP contribution in [0.15, 0.2) is 42.5 Å². The lowest BCUT2D eigenvalue weighted by molar-refractivity contribution is -0.115. The maximum absolute atomic E-state index is 12.3. The van der Waals surface area contributed by atoms with Gasteiger partial charge in [0.15, 0.2) is 11.5 Å². The van der Waals surface area contributed by atoms with Crippen molar-refractivity contribution in [2.45, 2.75) is 51.4 Å². The third-order valence-electron chi connectivity index (χ3n) is 5.08. The van der Waals surface area contributed by atoms with Crippen LogP contribution in [-0.2, 0) is 4.79 Å². The average Bonchev–Trinajstić information content (AvgIpc) is 3.31. The van der Waals surface area contributed by atoms with E-state index in [4.69, 9.17) is 14.2 Å². The molecule has 2 aliphatic rings. The van der Waals surface area contributed by atoms with E-state index < -0.39 is 5.79 Å². The number of hydrogen-bond acceptors (Lipinski definition) is 5. The highest BCUT2D eigenvalue weighted by molar-refractivity contribution is 5.99. The molecule has 1 fully saturated rings. The monoisotopic (exact) mass is 410 g/mol. The molecule has 0 unspecified atom stereocenters. The smallest absolute Gasteiger partial charge is 0.251 e. The molecular weight excluding hydrogens is 384 g/mol. The third-order valence-corrected chi connectivity index (χ3v) is 5.08. The normalized spacial score (nSPS) is 16.0. The van der Waals surface area contributed by atoms with Crippen LogP contribution < -0.4 is 24.8 Å². The summed E-state index contributed by atoms with van der Waals surface area (Å²) in [5.74, 6) is 0.860. The van der Waals surface area contributed by atoms with E-state index in [-0.39, 0.29) is 24.5 Å². The van der Waals surface area contributed by atoms with Gasteiger partial charge in [-0.25, -0.2) is 0 Å². The minimum atomic E-state index is -0.533. The van der Waals surface area contributed by atoms with Crippen molar-refractivity contribution >= 4 is 17.5 Å². The van der Waals surface area contributed by atoms with Gasteiger partial charge < -0.3 is 24.8 Å². The van der Waals surface area contributed by atoms with Gasteiger partial charge in [0.1, 0.15) is 5.75 Å². The summed E-state index contributed by atoms with van der Waals surface area (Å²) in [7, 11) is 0. The van der Waals surface area contributed by atoms with Crippen molar-refractivity contribution in [3.05, 3.63) is 48.0 Å². The first-order valence-corrected chi connectivity index (χ1v) is 10.3. The van der Waals surface area contributed by atoms with Crippen molar-refractivity contribution in [2.24, 2.45) is 0 Å². The molecule has 2 N–H and O–H groups in total. The van der Waals surface area contributed by atoms with Gasteiger partial charge in [0.2, 0.25) is 5.91 Å². The molecule has 1 saturated carbocycles. The summed E-state index contributed by atoms with van der Waals surface area (Å²) in [6.45, 7) is 3.74. The van der Waals surface area contributed by atoms with Gasteiger partial charge in [-0.3, -0.25) is 9.59 Å². The van der Waals surface area contributed by atoms with Crippen molar-refractivity contribution < 1.29 is 23.8 Å². The lowest BCUT2D eigenvalue weighted by Gasteiger charge is -2.21. The van der Waals surface area contributed by atoms with Gasteiger partial charge in [0.05, 0.1) is 12.6 Å². The average molecular weight is 410 g/mol. The molecule has 0 radical (unpaired) electrons. The second-order valence-corrected chi connectivity index (χ2v) is 7.91. The summed E-state index contributed by atoms with van der Waals surface area (Å²) in [5, 5.41) is 5.40. The Balaban J connectivity index is 1.29. The molecule has 1 heterocycles. The summed E-state index contributed by atoms with van der Waals surface area (Å²) in [6.07, 6.45) is 3.99. The van der Waals surface area contributed by atoms with Gasteiger partial charge >= 0.3 is 0 Å². The van der Waals surface area contributed by atoms with Crippen LogP contribution in [0.5, 0.6) is 17.2 Å². The van der Waals surface area contributed by atoms with Gasteiger partial charge in [-0.15, -0.1) is 0 Å². The number of amides is 2. The molecule has 1 spiro atoms. The Kier molecular flexibility index (Phi) is 5.53. The van der Waals surface area contributed by atoms with Gasteiger partial charge in [-0.1, -0.05) is 0 Å². The summed E-state index contributed by atoms with van der Waals surface area (Å²) in [5.41, 5.74) is 1.06. The van der Waals surface area contributed by atoms with Crippen LogP contribution in [-0.4, -0.2) is 30.3 Å². The van der Waals surface area contributed by atoms with Crippen molar-refractivity contribution in [2.75, 3.05) is 11.9 Å². The quantitative estimate of drug-likeness (QED) is 0.755. The van der Waals surface area contributed by atoms with E-state index in [9.17, 15) is 9.59 Å². The molecule has 2 amide bonds. The fraction of sp³-hybridized carbons (Fsp3) is 0.391. The van der Waals surface area contributed by atoms with Crippen LogP contribution in [0.1, 0.15) is 49.9 Å². The van der Waals surface area contributed by atoms with Crippen LogP contribution >= 0.6 is 0 Å². The molecule has 0 atom stereocenters. The second-order valence-electron chi connectivity index (χ2n) is 7.91. The van der Waals surface area contributed by atoms with Crippen LogP contribution in [0.2, 0.25) is 0 Å². The zero-order valence-corrected chi connectivity index (χ0v) is 17.2. The predicted octanol–water partition coefficient (Wildman–Crippen LogP) is 3.88. The first kappa shape index (κ1) is 20.1. The summed E-state index contributed by atoms with van der Waals surface area (Å²) in [4.78, 5) is 24.5. The molecule has 30 heavy (non-hydrogen) atoms. The molecule has 4 rings (SSSR count). The van der Waals surface area contributed by atoms with Crippen molar-refractivity contribution in [1.82, 2.24) is 5.32 Å². The first-order chi connectivity index (χ1) is 14.4. The lowest BCUT2D eigenvalue weighted by Crippen LogP contribution is -2.34. The molecule has 1 aliphatic carbocycles. The maximum atomic E-state index is 12.3. The van der Waals surface area contributed by atoms with Crippen LogP contribution in [0.3, 0.4) is 0 Å². The molecule has 2 aromatic carbocycles. The Labute approximate surface area is 175 Å². The topological polar surface area (TPSA) is 85.9 Å².